The minimum Gasteiger partial charge on any atom is -0.310 e. The Bertz CT molecular complexity index is 232. The van der Waals surface area contributed by atoms with Gasteiger partial charge in [0.05, 0.1) is 12.0 Å². The Balaban J connectivity index is 2.33. The zero-order valence-electron chi connectivity index (χ0n) is 11.5. The van der Waals surface area contributed by atoms with Crippen molar-refractivity contribution in [2.45, 2.75) is 83.7 Å². The number of hydrogen-bond donors (Lipinski definition) is 1. The van der Waals surface area contributed by atoms with Crippen molar-refractivity contribution in [1.82, 2.24) is 5.32 Å². The molecule has 2 heteroatoms. The molecular weight excluding hydrogens is 208 g/mol. The summed E-state index contributed by atoms with van der Waals surface area (Å²) in [4.78, 5) is 0. The van der Waals surface area contributed by atoms with Gasteiger partial charge in [-0.2, -0.15) is 5.26 Å². The Hall–Kier alpha value is -0.550. The van der Waals surface area contributed by atoms with E-state index in [9.17, 15) is 5.26 Å². The van der Waals surface area contributed by atoms with Crippen molar-refractivity contribution >= 4 is 0 Å². The van der Waals surface area contributed by atoms with E-state index in [1.165, 1.54) is 51.4 Å². The van der Waals surface area contributed by atoms with E-state index in [1.54, 1.807) is 0 Å². The summed E-state index contributed by atoms with van der Waals surface area (Å²) in [7, 11) is 0. The highest BCUT2D eigenvalue weighted by molar-refractivity contribution is 4.94. The maximum absolute atomic E-state index is 9.22. The van der Waals surface area contributed by atoms with Gasteiger partial charge in [0, 0.05) is 12.1 Å². The quantitative estimate of drug-likeness (QED) is 0.558. The zero-order valence-corrected chi connectivity index (χ0v) is 11.5. The first kappa shape index (κ1) is 14.5. The van der Waals surface area contributed by atoms with Crippen LogP contribution in [0.15, 0.2) is 0 Å². The summed E-state index contributed by atoms with van der Waals surface area (Å²) in [6.07, 6.45) is 11.3. The third kappa shape index (κ3) is 5.55. The van der Waals surface area contributed by atoms with E-state index in [0.717, 1.165) is 6.42 Å². The van der Waals surface area contributed by atoms with Crippen molar-refractivity contribution < 1.29 is 0 Å². The Kier molecular flexibility index (Phi) is 7.28. The van der Waals surface area contributed by atoms with E-state index < -0.39 is 0 Å². The number of hydrogen-bond acceptors (Lipinski definition) is 2. The molecule has 1 N–H and O–H groups in total. The van der Waals surface area contributed by atoms with E-state index in [4.69, 9.17) is 0 Å². The third-order valence-corrected chi connectivity index (χ3v) is 3.92. The van der Waals surface area contributed by atoms with Crippen LogP contribution in [0.3, 0.4) is 0 Å². The molecule has 0 spiro atoms. The van der Waals surface area contributed by atoms with E-state index in [1.807, 2.05) is 0 Å². The van der Waals surface area contributed by atoms with Gasteiger partial charge in [-0.15, -0.1) is 0 Å². The van der Waals surface area contributed by atoms with Gasteiger partial charge in [0.1, 0.15) is 0 Å². The van der Waals surface area contributed by atoms with Crippen LogP contribution in [0, 0.1) is 17.2 Å². The lowest BCUT2D eigenvalue weighted by Gasteiger charge is -2.25. The van der Waals surface area contributed by atoms with Gasteiger partial charge in [-0.05, 0) is 26.2 Å². The SMILES string of the molecule is CCCCCC(C)NC1CCCCCC1C#N. The maximum Gasteiger partial charge on any atom is 0.0672 e. The van der Waals surface area contributed by atoms with E-state index in [-0.39, 0.29) is 5.92 Å². The molecule has 0 aliphatic heterocycles. The molecule has 3 unspecified atom stereocenters. The number of nitrogens with one attached hydrogen (secondary N) is 1. The summed E-state index contributed by atoms with van der Waals surface area (Å²) in [5.74, 6) is 0.242. The summed E-state index contributed by atoms with van der Waals surface area (Å²) in [6.45, 7) is 4.52. The van der Waals surface area contributed by atoms with E-state index in [0.29, 0.717) is 12.1 Å². The molecule has 17 heavy (non-hydrogen) atoms. The van der Waals surface area contributed by atoms with Gasteiger partial charge in [0.25, 0.3) is 0 Å². The van der Waals surface area contributed by atoms with Gasteiger partial charge in [0.15, 0.2) is 0 Å². The fourth-order valence-electron chi connectivity index (χ4n) is 2.81. The molecule has 3 atom stereocenters. The molecule has 0 amide bonds. The van der Waals surface area contributed by atoms with Crippen molar-refractivity contribution in [3.63, 3.8) is 0 Å². The van der Waals surface area contributed by atoms with Crippen LogP contribution in [0.4, 0.5) is 0 Å². The van der Waals surface area contributed by atoms with Crippen LogP contribution in [0.1, 0.15) is 71.6 Å². The fraction of sp³-hybridized carbons (Fsp3) is 0.933. The molecule has 1 fully saturated rings. The zero-order chi connectivity index (χ0) is 12.5. The van der Waals surface area contributed by atoms with Gasteiger partial charge in [-0.1, -0.05) is 45.4 Å². The normalized spacial score (nSPS) is 27.1. The second kappa shape index (κ2) is 8.53. The molecule has 0 radical (unpaired) electrons. The molecule has 1 saturated carbocycles. The molecule has 0 saturated heterocycles. The number of rotatable bonds is 6. The molecule has 2 nitrogen and oxygen atoms in total. The van der Waals surface area contributed by atoms with Crippen LogP contribution in [0.5, 0.6) is 0 Å². The lowest BCUT2D eigenvalue weighted by molar-refractivity contribution is 0.344. The van der Waals surface area contributed by atoms with Crippen molar-refractivity contribution in [3.05, 3.63) is 0 Å². The lowest BCUT2D eigenvalue weighted by Crippen LogP contribution is -2.40. The lowest BCUT2D eigenvalue weighted by atomic mass is 9.95. The molecule has 0 aromatic carbocycles. The predicted octanol–water partition coefficient (Wildman–Crippen LogP) is 4.02. The van der Waals surface area contributed by atoms with Crippen molar-refractivity contribution in [2.75, 3.05) is 0 Å². The molecule has 1 aliphatic carbocycles. The Morgan fingerprint density at radius 3 is 2.71 bits per heavy atom. The highest BCUT2D eigenvalue weighted by Gasteiger charge is 2.24. The molecule has 0 aromatic rings. The molecular formula is C15H28N2. The summed E-state index contributed by atoms with van der Waals surface area (Å²) < 4.78 is 0. The number of unbranched alkanes of at least 4 members (excludes halogenated alkanes) is 2. The second-order valence-corrected chi connectivity index (χ2v) is 5.54. The summed E-state index contributed by atoms with van der Waals surface area (Å²) >= 11 is 0. The average molecular weight is 236 g/mol. The fourth-order valence-corrected chi connectivity index (χ4v) is 2.81. The molecule has 0 aromatic heterocycles. The van der Waals surface area contributed by atoms with Gasteiger partial charge in [-0.3, -0.25) is 0 Å². The monoisotopic (exact) mass is 236 g/mol. The smallest absolute Gasteiger partial charge is 0.0672 e. The molecule has 98 valence electrons. The summed E-state index contributed by atoms with van der Waals surface area (Å²) in [6, 6.07) is 3.52. The highest BCUT2D eigenvalue weighted by Crippen LogP contribution is 2.23. The Morgan fingerprint density at radius 2 is 2.00 bits per heavy atom. The van der Waals surface area contributed by atoms with Crippen LogP contribution in [-0.2, 0) is 0 Å². The summed E-state index contributed by atoms with van der Waals surface area (Å²) in [5.41, 5.74) is 0. The van der Waals surface area contributed by atoms with Gasteiger partial charge >= 0.3 is 0 Å². The largest absolute Gasteiger partial charge is 0.310 e. The van der Waals surface area contributed by atoms with Crippen LogP contribution in [0.25, 0.3) is 0 Å². The van der Waals surface area contributed by atoms with Crippen LogP contribution >= 0.6 is 0 Å². The van der Waals surface area contributed by atoms with Crippen molar-refractivity contribution in [3.8, 4) is 6.07 Å². The van der Waals surface area contributed by atoms with Gasteiger partial charge in [-0.25, -0.2) is 0 Å². The topological polar surface area (TPSA) is 35.8 Å². The maximum atomic E-state index is 9.22. The van der Waals surface area contributed by atoms with Crippen LogP contribution in [-0.4, -0.2) is 12.1 Å². The Labute approximate surface area is 107 Å². The predicted molar refractivity (Wildman–Crippen MR) is 72.7 cm³/mol. The summed E-state index contributed by atoms with van der Waals surface area (Å²) in [5, 5.41) is 12.9. The van der Waals surface area contributed by atoms with Gasteiger partial charge < -0.3 is 5.32 Å². The first-order valence-corrected chi connectivity index (χ1v) is 7.43. The van der Waals surface area contributed by atoms with Gasteiger partial charge in [0.2, 0.25) is 0 Å². The molecule has 0 heterocycles. The van der Waals surface area contributed by atoms with E-state index >= 15 is 0 Å². The average Bonchev–Trinajstić information content (AvgIpc) is 2.54. The number of nitrogens with zero attached hydrogens (tertiary/aromatic N) is 1. The minimum atomic E-state index is 0.242. The highest BCUT2D eigenvalue weighted by atomic mass is 14.9. The number of nitriles is 1. The first-order valence-electron chi connectivity index (χ1n) is 7.43. The third-order valence-electron chi connectivity index (χ3n) is 3.92. The molecule has 1 rings (SSSR count). The van der Waals surface area contributed by atoms with Crippen molar-refractivity contribution in [2.24, 2.45) is 5.92 Å². The van der Waals surface area contributed by atoms with Crippen LogP contribution in [0.2, 0.25) is 0 Å². The molecule has 0 bridgehead atoms. The minimum absolute atomic E-state index is 0.242. The molecule has 1 aliphatic rings. The Morgan fingerprint density at radius 1 is 1.24 bits per heavy atom. The van der Waals surface area contributed by atoms with Crippen LogP contribution < -0.4 is 5.32 Å². The standard InChI is InChI=1S/C15H28N2/c1-3-4-6-9-13(2)17-15-11-8-5-7-10-14(15)12-16/h13-15,17H,3-11H2,1-2H3. The second-order valence-electron chi connectivity index (χ2n) is 5.54. The van der Waals surface area contributed by atoms with Crippen molar-refractivity contribution in [1.29, 1.82) is 5.26 Å². The first-order chi connectivity index (χ1) is 8.27. The van der Waals surface area contributed by atoms with E-state index in [2.05, 4.69) is 25.2 Å².